The van der Waals surface area contributed by atoms with E-state index in [2.05, 4.69) is 0 Å². The molecule has 0 unspecified atom stereocenters. The van der Waals surface area contributed by atoms with Crippen LogP contribution in [0, 0.1) is 0 Å². The predicted octanol–water partition coefficient (Wildman–Crippen LogP) is 2.29. The van der Waals surface area contributed by atoms with E-state index < -0.39 is 0 Å². The van der Waals surface area contributed by atoms with Crippen molar-refractivity contribution in [2.24, 2.45) is 0 Å². The fourth-order valence-corrected chi connectivity index (χ4v) is 1.91. The number of ether oxygens (including phenoxy) is 1. The second-order valence-corrected chi connectivity index (χ2v) is 4.02. The van der Waals surface area contributed by atoms with Gasteiger partial charge in [0, 0.05) is 0 Å². The average molecular weight is 192 g/mol. The summed E-state index contributed by atoms with van der Waals surface area (Å²) in [5.74, 6) is 0. The Kier molecular flexibility index (Phi) is 2.33. The van der Waals surface area contributed by atoms with Crippen molar-refractivity contribution in [3.05, 3.63) is 35.9 Å². The maximum absolute atomic E-state index is 9.76. The van der Waals surface area contributed by atoms with Crippen LogP contribution in [0.15, 0.2) is 30.3 Å². The van der Waals surface area contributed by atoms with Crippen LogP contribution in [0.5, 0.6) is 0 Å². The van der Waals surface area contributed by atoms with Gasteiger partial charge >= 0.3 is 0 Å². The average Bonchev–Trinajstić information content (AvgIpc) is 2.92. The molecule has 0 aromatic heterocycles. The van der Waals surface area contributed by atoms with Crippen LogP contribution in [0.1, 0.15) is 31.9 Å². The van der Waals surface area contributed by atoms with Crippen molar-refractivity contribution in [3.8, 4) is 0 Å². The van der Waals surface area contributed by atoms with Gasteiger partial charge in [0.1, 0.15) is 11.7 Å². The Hall–Kier alpha value is -0.860. The Bertz CT molecular complexity index is 309. The van der Waals surface area contributed by atoms with Crippen LogP contribution in [0.3, 0.4) is 0 Å². The molecule has 1 N–H and O–H groups in total. The van der Waals surface area contributed by atoms with Crippen molar-refractivity contribution in [1.82, 2.24) is 0 Å². The third-order valence-electron chi connectivity index (χ3n) is 2.99. The molecule has 0 spiro atoms. The van der Waals surface area contributed by atoms with Crippen molar-refractivity contribution in [2.45, 2.75) is 38.1 Å². The third kappa shape index (κ3) is 1.45. The summed E-state index contributed by atoms with van der Waals surface area (Å²) < 4.78 is 5.59. The Morgan fingerprint density at radius 1 is 1.43 bits per heavy atom. The maximum Gasteiger partial charge on any atom is 0.122 e. The lowest BCUT2D eigenvalue weighted by molar-refractivity contribution is 0.0817. The number of rotatable bonds is 3. The molecule has 1 saturated heterocycles. The molecule has 1 aliphatic rings. The van der Waals surface area contributed by atoms with Crippen LogP contribution in [-0.4, -0.2) is 16.8 Å². The first-order chi connectivity index (χ1) is 6.68. The molecule has 1 fully saturated rings. The largest absolute Gasteiger partial charge is 0.390 e. The molecule has 0 amide bonds. The number of aliphatic hydroxyl groups excluding tert-OH is 1. The van der Waals surface area contributed by atoms with Crippen molar-refractivity contribution in [1.29, 1.82) is 0 Å². The molecule has 1 aliphatic heterocycles. The van der Waals surface area contributed by atoms with E-state index in [1.807, 2.05) is 44.2 Å². The summed E-state index contributed by atoms with van der Waals surface area (Å²) in [6, 6.07) is 10.1. The zero-order valence-corrected chi connectivity index (χ0v) is 8.60. The van der Waals surface area contributed by atoms with Crippen LogP contribution in [0.25, 0.3) is 0 Å². The molecule has 2 heteroatoms. The Morgan fingerprint density at radius 3 is 2.64 bits per heavy atom. The normalized spacial score (nSPS) is 32.6. The Balaban J connectivity index is 2.12. The lowest BCUT2D eigenvalue weighted by Gasteiger charge is -2.12. The summed E-state index contributed by atoms with van der Waals surface area (Å²) in [6.07, 6.45) is 0.436. The Labute approximate surface area is 84.5 Å². The molecule has 2 nitrogen and oxygen atoms in total. The van der Waals surface area contributed by atoms with Crippen molar-refractivity contribution < 1.29 is 9.84 Å². The number of aliphatic hydroxyl groups is 1. The lowest BCUT2D eigenvalue weighted by Crippen LogP contribution is -2.26. The SMILES string of the molecule is CC[C@@H](O)[C@@]1(C)O[C@@H]1c1ccccc1. The fraction of sp³-hybridized carbons (Fsp3) is 0.500. The molecule has 1 heterocycles. The first-order valence-corrected chi connectivity index (χ1v) is 5.09. The number of epoxide rings is 1. The summed E-state index contributed by atoms with van der Waals surface area (Å²) in [4.78, 5) is 0. The first-order valence-electron chi connectivity index (χ1n) is 5.09. The smallest absolute Gasteiger partial charge is 0.122 e. The molecule has 0 radical (unpaired) electrons. The van der Waals surface area contributed by atoms with Gasteiger partial charge in [-0.15, -0.1) is 0 Å². The van der Waals surface area contributed by atoms with E-state index in [1.54, 1.807) is 0 Å². The molecular formula is C12H16O2. The van der Waals surface area contributed by atoms with E-state index in [9.17, 15) is 5.11 Å². The first kappa shape index (κ1) is 9.69. The molecule has 76 valence electrons. The van der Waals surface area contributed by atoms with Gasteiger partial charge in [-0.3, -0.25) is 0 Å². The fourth-order valence-electron chi connectivity index (χ4n) is 1.91. The van der Waals surface area contributed by atoms with Crippen molar-refractivity contribution in [2.75, 3.05) is 0 Å². The second kappa shape index (κ2) is 3.37. The number of hydrogen-bond acceptors (Lipinski definition) is 2. The molecule has 1 aromatic rings. The van der Waals surface area contributed by atoms with Gasteiger partial charge < -0.3 is 9.84 Å². The maximum atomic E-state index is 9.76. The topological polar surface area (TPSA) is 32.8 Å². The zero-order valence-electron chi connectivity index (χ0n) is 8.60. The lowest BCUT2D eigenvalue weighted by atomic mass is 9.94. The van der Waals surface area contributed by atoms with E-state index in [0.717, 1.165) is 12.0 Å². The monoisotopic (exact) mass is 192 g/mol. The predicted molar refractivity (Wildman–Crippen MR) is 55.0 cm³/mol. The quantitative estimate of drug-likeness (QED) is 0.745. The zero-order chi connectivity index (χ0) is 10.2. The molecule has 3 atom stereocenters. The van der Waals surface area contributed by atoms with Crippen LogP contribution in [0.4, 0.5) is 0 Å². The summed E-state index contributed by atoms with van der Waals surface area (Å²) in [7, 11) is 0. The van der Waals surface area contributed by atoms with Gasteiger partial charge in [0.05, 0.1) is 6.10 Å². The van der Waals surface area contributed by atoms with E-state index in [0.29, 0.717) is 0 Å². The molecule has 14 heavy (non-hydrogen) atoms. The van der Waals surface area contributed by atoms with Gasteiger partial charge in [0.2, 0.25) is 0 Å². The molecule has 0 saturated carbocycles. The molecule has 1 aromatic carbocycles. The molecule has 2 rings (SSSR count). The highest BCUT2D eigenvalue weighted by Crippen LogP contribution is 2.52. The van der Waals surface area contributed by atoms with Gasteiger partial charge in [0.15, 0.2) is 0 Å². The minimum Gasteiger partial charge on any atom is -0.390 e. The highest BCUT2D eigenvalue weighted by molar-refractivity contribution is 5.26. The standard InChI is InChI=1S/C12H16O2/c1-3-10(13)12(2)11(14-12)9-7-5-4-6-8-9/h4-8,10-11,13H,3H2,1-2H3/t10-,11-,12-/m1/s1. The Morgan fingerprint density at radius 2 is 2.07 bits per heavy atom. The van der Waals surface area contributed by atoms with Crippen molar-refractivity contribution in [3.63, 3.8) is 0 Å². The van der Waals surface area contributed by atoms with Gasteiger partial charge in [0.25, 0.3) is 0 Å². The van der Waals surface area contributed by atoms with Crippen molar-refractivity contribution >= 4 is 0 Å². The number of hydrogen-bond donors (Lipinski definition) is 1. The van der Waals surface area contributed by atoms with Crippen LogP contribution in [-0.2, 0) is 4.74 Å². The number of benzene rings is 1. The molecule has 0 aliphatic carbocycles. The van der Waals surface area contributed by atoms with E-state index in [1.165, 1.54) is 0 Å². The minimum absolute atomic E-state index is 0.0682. The third-order valence-corrected chi connectivity index (χ3v) is 2.99. The summed E-state index contributed by atoms with van der Waals surface area (Å²) in [5.41, 5.74) is 0.790. The van der Waals surface area contributed by atoms with E-state index in [4.69, 9.17) is 4.74 Å². The highest BCUT2D eigenvalue weighted by Gasteiger charge is 2.57. The van der Waals surface area contributed by atoms with Crippen LogP contribution < -0.4 is 0 Å². The second-order valence-electron chi connectivity index (χ2n) is 4.02. The van der Waals surface area contributed by atoms with E-state index in [-0.39, 0.29) is 17.8 Å². The van der Waals surface area contributed by atoms with Gasteiger partial charge in [-0.2, -0.15) is 0 Å². The molecular weight excluding hydrogens is 176 g/mol. The molecule has 0 bridgehead atoms. The minimum atomic E-state index is -0.368. The van der Waals surface area contributed by atoms with Gasteiger partial charge in [-0.25, -0.2) is 0 Å². The summed E-state index contributed by atoms with van der Waals surface area (Å²) in [5, 5.41) is 9.76. The van der Waals surface area contributed by atoms with Gasteiger partial charge in [-0.1, -0.05) is 37.3 Å². The van der Waals surface area contributed by atoms with Crippen LogP contribution >= 0.6 is 0 Å². The van der Waals surface area contributed by atoms with Crippen LogP contribution in [0.2, 0.25) is 0 Å². The van der Waals surface area contributed by atoms with E-state index >= 15 is 0 Å². The summed E-state index contributed by atoms with van der Waals surface area (Å²) >= 11 is 0. The van der Waals surface area contributed by atoms with Gasteiger partial charge in [-0.05, 0) is 18.9 Å². The summed E-state index contributed by atoms with van der Waals surface area (Å²) in [6.45, 7) is 3.94. The highest BCUT2D eigenvalue weighted by atomic mass is 16.6.